The number of amides is 4. The number of aromatic nitrogens is 1. The molecule has 0 fully saturated rings. The number of nitrogens with one attached hydrogen (secondary N) is 3. The van der Waals surface area contributed by atoms with E-state index in [1.54, 1.807) is 38.5 Å². The van der Waals surface area contributed by atoms with Crippen LogP contribution >= 0.6 is 0 Å². The van der Waals surface area contributed by atoms with Crippen molar-refractivity contribution in [2.24, 2.45) is 17.9 Å². The fourth-order valence-electron chi connectivity index (χ4n) is 3.86. The molecule has 0 saturated heterocycles. The fourth-order valence-corrected chi connectivity index (χ4v) is 3.86. The summed E-state index contributed by atoms with van der Waals surface area (Å²) in [5.41, 5.74) is 8.54. The molecule has 0 radical (unpaired) electrons. The molecule has 0 unspecified atom stereocenters. The SMILES string of the molecule is Cn1c(C(=O)N[C@@H](Cc2ccccc2)C(=O)N[C@@H](O)CC(=NNC(N)=O)OC(C)(C)C)cc2ccccc21. The number of hydrogen-bond acceptors (Lipinski definition) is 6. The van der Waals surface area contributed by atoms with E-state index in [1.807, 2.05) is 54.6 Å². The minimum absolute atomic E-state index is 0.0387. The number of rotatable bonds is 9. The van der Waals surface area contributed by atoms with Crippen LogP contribution in [0.15, 0.2) is 65.8 Å². The van der Waals surface area contributed by atoms with Gasteiger partial charge in [0.2, 0.25) is 11.8 Å². The smallest absolute Gasteiger partial charge is 0.332 e. The Hall–Kier alpha value is -4.38. The van der Waals surface area contributed by atoms with E-state index in [-0.39, 0.29) is 18.7 Å². The summed E-state index contributed by atoms with van der Waals surface area (Å²) in [7, 11) is 1.78. The summed E-state index contributed by atoms with van der Waals surface area (Å²) in [5, 5.41) is 20.6. The number of aliphatic hydroxyl groups excluding tert-OH is 1. The molecule has 0 aliphatic carbocycles. The lowest BCUT2D eigenvalue weighted by Crippen LogP contribution is -2.51. The van der Waals surface area contributed by atoms with Crippen LogP contribution in [0, 0.1) is 0 Å². The molecule has 1 aromatic heterocycles. The predicted octanol–water partition coefficient (Wildman–Crippen LogP) is 2.14. The second kappa shape index (κ2) is 12.2. The third-order valence-corrected chi connectivity index (χ3v) is 5.48. The first-order valence-electron chi connectivity index (χ1n) is 12.1. The minimum Gasteiger partial charge on any atom is -0.474 e. The van der Waals surface area contributed by atoms with E-state index >= 15 is 0 Å². The van der Waals surface area contributed by atoms with E-state index in [2.05, 4.69) is 21.2 Å². The molecule has 38 heavy (non-hydrogen) atoms. The number of fused-ring (bicyclic) bond motifs is 1. The van der Waals surface area contributed by atoms with Crippen molar-refractivity contribution in [3.05, 3.63) is 71.9 Å². The summed E-state index contributed by atoms with van der Waals surface area (Å²) in [5.74, 6) is -1.08. The number of carbonyl (C=O) groups is 3. The normalized spacial score (nSPS) is 13.4. The van der Waals surface area contributed by atoms with E-state index in [4.69, 9.17) is 10.5 Å². The number of urea groups is 1. The third kappa shape index (κ3) is 8.07. The molecule has 0 bridgehead atoms. The van der Waals surface area contributed by atoms with Crippen LogP contribution in [0.1, 0.15) is 43.2 Å². The monoisotopic (exact) mass is 522 g/mol. The Morgan fingerprint density at radius 2 is 1.71 bits per heavy atom. The summed E-state index contributed by atoms with van der Waals surface area (Å²) < 4.78 is 7.42. The van der Waals surface area contributed by atoms with Crippen molar-refractivity contribution in [1.82, 2.24) is 20.6 Å². The van der Waals surface area contributed by atoms with E-state index in [9.17, 15) is 19.5 Å². The van der Waals surface area contributed by atoms with Crippen molar-refractivity contribution in [3.8, 4) is 0 Å². The van der Waals surface area contributed by atoms with Gasteiger partial charge in [-0.2, -0.15) is 0 Å². The van der Waals surface area contributed by atoms with Gasteiger partial charge in [-0.05, 0) is 38.5 Å². The molecule has 3 aromatic rings. The maximum Gasteiger partial charge on any atom is 0.332 e. The molecule has 6 N–H and O–H groups in total. The van der Waals surface area contributed by atoms with Crippen LogP contribution < -0.4 is 21.8 Å². The van der Waals surface area contributed by atoms with E-state index < -0.39 is 35.7 Å². The highest BCUT2D eigenvalue weighted by atomic mass is 16.5. The lowest BCUT2D eigenvalue weighted by Gasteiger charge is -2.25. The topological polar surface area (TPSA) is 160 Å². The first kappa shape index (κ1) is 28.2. The molecule has 0 saturated carbocycles. The van der Waals surface area contributed by atoms with Crippen LogP contribution in [-0.4, -0.2) is 51.3 Å². The van der Waals surface area contributed by atoms with Crippen LogP contribution in [0.3, 0.4) is 0 Å². The van der Waals surface area contributed by atoms with Gasteiger partial charge in [0.25, 0.3) is 5.91 Å². The molecule has 202 valence electrons. The molecule has 1 heterocycles. The molecule has 11 heteroatoms. The lowest BCUT2D eigenvalue weighted by molar-refractivity contribution is -0.125. The van der Waals surface area contributed by atoms with Gasteiger partial charge in [-0.1, -0.05) is 48.5 Å². The lowest BCUT2D eigenvalue weighted by atomic mass is 10.0. The second-order valence-electron chi connectivity index (χ2n) is 9.79. The van der Waals surface area contributed by atoms with Gasteiger partial charge >= 0.3 is 6.03 Å². The summed E-state index contributed by atoms with van der Waals surface area (Å²) in [6.45, 7) is 5.28. The highest BCUT2D eigenvalue weighted by Crippen LogP contribution is 2.18. The van der Waals surface area contributed by atoms with Crippen LogP contribution in [-0.2, 0) is 23.0 Å². The predicted molar refractivity (Wildman–Crippen MR) is 144 cm³/mol. The van der Waals surface area contributed by atoms with Crippen LogP contribution in [0.2, 0.25) is 0 Å². The van der Waals surface area contributed by atoms with Gasteiger partial charge in [-0.25, -0.2) is 10.2 Å². The highest BCUT2D eigenvalue weighted by molar-refractivity contribution is 6.00. The number of nitrogens with two attached hydrogens (primary N) is 1. The fraction of sp³-hybridized carbons (Fsp3) is 0.333. The molecule has 0 aliphatic heterocycles. The van der Waals surface area contributed by atoms with Crippen molar-refractivity contribution in [1.29, 1.82) is 0 Å². The van der Waals surface area contributed by atoms with E-state index in [0.717, 1.165) is 16.5 Å². The zero-order valence-corrected chi connectivity index (χ0v) is 21.9. The third-order valence-electron chi connectivity index (χ3n) is 5.48. The number of primary amides is 1. The van der Waals surface area contributed by atoms with Crippen LogP contribution in [0.5, 0.6) is 0 Å². The number of hydrogen-bond donors (Lipinski definition) is 5. The number of benzene rings is 2. The van der Waals surface area contributed by atoms with Crippen LogP contribution in [0.4, 0.5) is 4.79 Å². The molecule has 3 rings (SSSR count). The maximum absolute atomic E-state index is 13.3. The second-order valence-corrected chi connectivity index (χ2v) is 9.79. The van der Waals surface area contributed by atoms with Crippen LogP contribution in [0.25, 0.3) is 10.9 Å². The largest absolute Gasteiger partial charge is 0.474 e. The van der Waals surface area contributed by atoms with Crippen molar-refractivity contribution < 1.29 is 24.2 Å². The van der Waals surface area contributed by atoms with Crippen molar-refractivity contribution >= 4 is 34.6 Å². The number of para-hydroxylation sites is 1. The first-order valence-corrected chi connectivity index (χ1v) is 12.1. The molecule has 0 spiro atoms. The Morgan fingerprint density at radius 3 is 2.34 bits per heavy atom. The number of carbonyl (C=O) groups excluding carboxylic acids is 3. The van der Waals surface area contributed by atoms with Crippen molar-refractivity contribution in [3.63, 3.8) is 0 Å². The molecular formula is C27H34N6O5. The average Bonchev–Trinajstić information content (AvgIpc) is 3.18. The summed E-state index contributed by atoms with van der Waals surface area (Å²) >= 11 is 0. The number of aryl methyl sites for hydroxylation is 1. The number of hydrazone groups is 1. The average molecular weight is 523 g/mol. The maximum atomic E-state index is 13.3. The van der Waals surface area contributed by atoms with Gasteiger partial charge in [-0.3, -0.25) is 9.59 Å². The molecule has 2 aromatic carbocycles. The van der Waals surface area contributed by atoms with Crippen molar-refractivity contribution in [2.75, 3.05) is 0 Å². The summed E-state index contributed by atoms with van der Waals surface area (Å²) in [6, 6.07) is 16.7. The van der Waals surface area contributed by atoms with Crippen molar-refractivity contribution in [2.45, 2.75) is 51.5 Å². The van der Waals surface area contributed by atoms with Gasteiger partial charge in [0, 0.05) is 24.4 Å². The number of nitrogens with zero attached hydrogens (tertiary/aromatic N) is 2. The first-order chi connectivity index (χ1) is 17.9. The van der Waals surface area contributed by atoms with Gasteiger partial charge in [-0.15, -0.1) is 5.10 Å². The molecule has 4 amide bonds. The highest BCUT2D eigenvalue weighted by Gasteiger charge is 2.26. The quantitative estimate of drug-likeness (QED) is 0.126. The Kier molecular flexibility index (Phi) is 9.08. The molecule has 0 aliphatic rings. The Morgan fingerprint density at radius 1 is 1.05 bits per heavy atom. The Balaban J connectivity index is 1.78. The Labute approximate surface area is 221 Å². The number of aliphatic hydroxyl groups is 1. The van der Waals surface area contributed by atoms with Gasteiger partial charge in [0.1, 0.15) is 23.6 Å². The summed E-state index contributed by atoms with van der Waals surface area (Å²) in [6.07, 6.45) is -1.48. The van der Waals surface area contributed by atoms with E-state index in [0.29, 0.717) is 5.69 Å². The van der Waals surface area contributed by atoms with Gasteiger partial charge in [0.05, 0.1) is 6.42 Å². The minimum atomic E-state index is -1.42. The zero-order chi connectivity index (χ0) is 27.9. The number of ether oxygens (including phenoxy) is 1. The molecule has 11 nitrogen and oxygen atoms in total. The summed E-state index contributed by atoms with van der Waals surface area (Å²) in [4.78, 5) is 37.6. The zero-order valence-electron chi connectivity index (χ0n) is 21.9. The van der Waals surface area contributed by atoms with E-state index in [1.165, 1.54) is 0 Å². The van der Waals surface area contributed by atoms with Gasteiger partial charge < -0.3 is 30.8 Å². The standard InChI is InChI=1S/C27H34N6O5/c1-27(2,3)38-23(31-32-26(28)37)16-22(34)30-24(35)19(14-17-10-6-5-7-11-17)29-25(36)21-15-18-12-8-9-13-20(18)33(21)4/h5-13,15,19,22,34H,14,16H2,1-4H3,(H,29,36)(H,30,35)(H3,28,32,37)/t19-,22-/m0/s1. The molecular weight excluding hydrogens is 488 g/mol. The molecule has 2 atom stereocenters. The Bertz CT molecular complexity index is 1310. The van der Waals surface area contributed by atoms with Gasteiger partial charge in [0.15, 0.2) is 0 Å².